The van der Waals surface area contributed by atoms with Crippen molar-refractivity contribution in [1.82, 2.24) is 14.8 Å². The van der Waals surface area contributed by atoms with E-state index < -0.39 is 82.1 Å². The van der Waals surface area contributed by atoms with Crippen LogP contribution in [0.2, 0.25) is 5.02 Å². The quantitative estimate of drug-likeness (QED) is 0.516. The predicted molar refractivity (Wildman–Crippen MR) is 106 cm³/mol. The fourth-order valence-electron chi connectivity index (χ4n) is 5.14. The van der Waals surface area contributed by atoms with Crippen LogP contribution in [0.3, 0.4) is 0 Å². The first kappa shape index (κ1) is 21.7. The molecule has 174 valence electrons. The number of fused-ring (bicyclic) bond motifs is 6. The lowest BCUT2D eigenvalue weighted by Crippen LogP contribution is -2.56. The number of halogens is 5. The zero-order chi connectivity index (χ0) is 23.8. The monoisotopic (exact) mass is 485 g/mol. The molecule has 0 radical (unpaired) electrons. The van der Waals surface area contributed by atoms with Crippen molar-refractivity contribution >= 4 is 23.4 Å². The highest BCUT2D eigenvalue weighted by molar-refractivity contribution is 6.30. The summed E-state index contributed by atoms with van der Waals surface area (Å²) in [7, 11) is 0. The molecule has 0 spiro atoms. The molecule has 3 heterocycles. The van der Waals surface area contributed by atoms with Crippen LogP contribution in [0.1, 0.15) is 39.3 Å². The molecule has 2 aliphatic heterocycles. The molecule has 1 unspecified atom stereocenters. The number of hydrogen-bond donors (Lipinski definition) is 2. The van der Waals surface area contributed by atoms with Crippen LogP contribution in [0.4, 0.5) is 17.6 Å². The summed E-state index contributed by atoms with van der Waals surface area (Å²) in [6.07, 6.45) is 0.692. The highest BCUT2D eigenvalue weighted by atomic mass is 35.5. The summed E-state index contributed by atoms with van der Waals surface area (Å²) in [6, 6.07) is 0.476. The molecule has 2 fully saturated rings. The number of benzene rings is 1. The molecule has 12 heteroatoms. The Balaban J connectivity index is 1.45. The molecule has 1 aromatic carbocycles. The van der Waals surface area contributed by atoms with Crippen molar-refractivity contribution in [2.24, 2.45) is 5.92 Å². The lowest BCUT2D eigenvalue weighted by Gasteiger charge is -2.42. The number of alkyl halides is 2. The fraction of sp³-hybridized carbons (Fsp3) is 0.381. The van der Waals surface area contributed by atoms with Crippen LogP contribution in [0.5, 0.6) is 5.75 Å². The van der Waals surface area contributed by atoms with Crippen molar-refractivity contribution in [2.45, 2.75) is 43.9 Å². The number of nitrogens with zero attached hydrogens (tertiary/aromatic N) is 2. The topological polar surface area (TPSA) is 91.6 Å². The van der Waals surface area contributed by atoms with Gasteiger partial charge in [-0.2, -0.15) is 0 Å². The summed E-state index contributed by atoms with van der Waals surface area (Å²) in [5.41, 5.74) is -2.19. The number of hydrogen-bond acceptors (Lipinski definition) is 4. The Hall–Kier alpha value is -3.08. The highest BCUT2D eigenvalue weighted by Crippen LogP contribution is 2.53. The van der Waals surface area contributed by atoms with E-state index >= 15 is 0 Å². The van der Waals surface area contributed by atoms with Crippen LogP contribution < -0.4 is 10.7 Å². The van der Waals surface area contributed by atoms with Crippen molar-refractivity contribution in [3.05, 3.63) is 62.0 Å². The van der Waals surface area contributed by atoms with Crippen molar-refractivity contribution in [1.29, 1.82) is 0 Å². The van der Waals surface area contributed by atoms with E-state index in [1.54, 1.807) is 0 Å². The molecule has 2 amide bonds. The minimum absolute atomic E-state index is 0.117. The van der Waals surface area contributed by atoms with Gasteiger partial charge in [-0.15, -0.1) is 0 Å². The third-order valence-electron chi connectivity index (χ3n) is 6.67. The molecule has 1 saturated carbocycles. The van der Waals surface area contributed by atoms with Crippen LogP contribution in [-0.4, -0.2) is 44.4 Å². The summed E-state index contributed by atoms with van der Waals surface area (Å²) in [6.45, 7) is -0.563. The molecule has 33 heavy (non-hydrogen) atoms. The van der Waals surface area contributed by atoms with Crippen molar-refractivity contribution in [3.8, 4) is 5.75 Å². The molecular weight excluding hydrogens is 470 g/mol. The standard InChI is InChI=1S/C21H16ClF4N3O4/c22-14-12(23)2-1-8(15(14)24)5-27-19(32)10-6-28-7-13-11-3-9(4-21(11,25)26)29(13)20(33)16(28)18(31)17(10)30/h1-2,6,9,11,13,31H,3-5,7H2,(H,27,32)/t9-,11?,13+/m1/s1. The molecule has 1 saturated heterocycles. The average molecular weight is 486 g/mol. The molecule has 3 atom stereocenters. The number of piperidine rings is 1. The summed E-state index contributed by atoms with van der Waals surface area (Å²) < 4.78 is 57.0. The van der Waals surface area contributed by atoms with Gasteiger partial charge in [0.15, 0.2) is 11.4 Å². The maximum absolute atomic E-state index is 14.2. The average Bonchev–Trinajstić information content (AvgIpc) is 3.27. The Morgan fingerprint density at radius 1 is 1.27 bits per heavy atom. The molecule has 1 aliphatic carbocycles. The lowest BCUT2D eigenvalue weighted by molar-refractivity contribution is -0.0887. The summed E-state index contributed by atoms with van der Waals surface area (Å²) in [5, 5.41) is 11.9. The van der Waals surface area contributed by atoms with Crippen LogP contribution >= 0.6 is 11.6 Å². The molecule has 2 bridgehead atoms. The number of nitrogens with one attached hydrogen (secondary N) is 1. The van der Waals surface area contributed by atoms with Gasteiger partial charge in [-0.1, -0.05) is 17.7 Å². The van der Waals surface area contributed by atoms with Crippen LogP contribution in [0.15, 0.2) is 23.1 Å². The van der Waals surface area contributed by atoms with Crippen molar-refractivity contribution in [3.63, 3.8) is 0 Å². The second-order valence-corrected chi connectivity index (χ2v) is 8.86. The highest BCUT2D eigenvalue weighted by Gasteiger charge is 2.63. The van der Waals surface area contributed by atoms with Crippen LogP contribution in [-0.2, 0) is 13.1 Å². The van der Waals surface area contributed by atoms with Gasteiger partial charge in [0, 0.05) is 43.2 Å². The Labute approximate surface area is 188 Å². The van der Waals surface area contributed by atoms with E-state index in [-0.39, 0.29) is 24.2 Å². The van der Waals surface area contributed by atoms with Gasteiger partial charge in [0.2, 0.25) is 5.43 Å². The number of pyridine rings is 1. The predicted octanol–water partition coefficient (Wildman–Crippen LogP) is 2.67. The van der Waals surface area contributed by atoms with E-state index in [2.05, 4.69) is 5.32 Å². The van der Waals surface area contributed by atoms with E-state index in [1.165, 1.54) is 4.90 Å². The van der Waals surface area contributed by atoms with Gasteiger partial charge in [-0.05, 0) is 12.5 Å². The van der Waals surface area contributed by atoms with E-state index in [0.717, 1.165) is 22.9 Å². The SMILES string of the molecule is O=C(NCc1ccc(F)c(Cl)c1F)c1cn2c(c(O)c1=O)C(=O)N1[C@@H]3CC([C@@H]1C2)C(F)(F)C3. The Morgan fingerprint density at radius 3 is 2.73 bits per heavy atom. The molecule has 2 N–H and O–H groups in total. The summed E-state index contributed by atoms with van der Waals surface area (Å²) >= 11 is 5.51. The maximum atomic E-state index is 14.2. The number of amides is 2. The Bertz CT molecular complexity index is 1280. The molecule has 3 aliphatic rings. The van der Waals surface area contributed by atoms with Gasteiger partial charge < -0.3 is 19.9 Å². The smallest absolute Gasteiger partial charge is 0.275 e. The normalized spacial score (nSPS) is 24.6. The Morgan fingerprint density at radius 2 is 2.00 bits per heavy atom. The van der Waals surface area contributed by atoms with Crippen molar-refractivity contribution in [2.75, 3.05) is 0 Å². The Kier molecular flexibility index (Phi) is 4.75. The third kappa shape index (κ3) is 3.12. The number of rotatable bonds is 3. The number of carbonyl (C=O) groups is 2. The maximum Gasteiger partial charge on any atom is 0.275 e. The number of aromatic hydroxyl groups is 1. The largest absolute Gasteiger partial charge is 0.503 e. The second kappa shape index (κ2) is 7.21. The first-order valence-corrected chi connectivity index (χ1v) is 10.5. The molecule has 1 aromatic heterocycles. The summed E-state index contributed by atoms with van der Waals surface area (Å²) in [4.78, 5) is 39.4. The molecule has 2 aromatic rings. The van der Waals surface area contributed by atoms with Gasteiger partial charge in [0.05, 0.1) is 6.04 Å². The number of carbonyl (C=O) groups excluding carboxylic acids is 2. The van der Waals surface area contributed by atoms with E-state index in [0.29, 0.717) is 0 Å². The summed E-state index contributed by atoms with van der Waals surface area (Å²) in [5.74, 6) is -8.73. The first-order valence-electron chi connectivity index (χ1n) is 10.1. The zero-order valence-electron chi connectivity index (χ0n) is 16.7. The zero-order valence-corrected chi connectivity index (χ0v) is 17.5. The van der Waals surface area contributed by atoms with Crippen LogP contribution in [0.25, 0.3) is 0 Å². The van der Waals surface area contributed by atoms with Crippen LogP contribution in [0, 0.1) is 17.6 Å². The van der Waals surface area contributed by atoms with E-state index in [9.17, 15) is 37.1 Å². The minimum atomic E-state index is -2.93. The van der Waals surface area contributed by atoms with E-state index in [1.807, 2.05) is 0 Å². The number of aromatic nitrogens is 1. The first-order chi connectivity index (χ1) is 15.5. The third-order valence-corrected chi connectivity index (χ3v) is 7.01. The molecule has 7 nitrogen and oxygen atoms in total. The lowest BCUT2D eigenvalue weighted by atomic mass is 9.92. The van der Waals surface area contributed by atoms with Gasteiger partial charge >= 0.3 is 0 Å². The van der Waals surface area contributed by atoms with Crippen molar-refractivity contribution < 1.29 is 32.3 Å². The van der Waals surface area contributed by atoms with E-state index in [4.69, 9.17) is 11.6 Å². The minimum Gasteiger partial charge on any atom is -0.503 e. The molecular formula is C21H16ClF4N3O4. The van der Waals surface area contributed by atoms with Gasteiger partial charge in [0.1, 0.15) is 22.2 Å². The van der Waals surface area contributed by atoms with Gasteiger partial charge in [0.25, 0.3) is 17.7 Å². The van der Waals surface area contributed by atoms with Gasteiger partial charge in [-0.25, -0.2) is 17.6 Å². The molecule has 5 rings (SSSR count). The second-order valence-electron chi connectivity index (χ2n) is 8.48. The fourth-order valence-corrected chi connectivity index (χ4v) is 5.32. The van der Waals surface area contributed by atoms with Gasteiger partial charge in [-0.3, -0.25) is 14.4 Å².